The smallest absolute Gasteiger partial charge is 0.330 e. The summed E-state index contributed by atoms with van der Waals surface area (Å²) in [6, 6.07) is 8.19. The van der Waals surface area contributed by atoms with Gasteiger partial charge in [-0.15, -0.1) is 11.3 Å². The molecule has 10 heteroatoms. The van der Waals surface area contributed by atoms with Gasteiger partial charge in [-0.2, -0.15) is 0 Å². The van der Waals surface area contributed by atoms with Crippen LogP contribution in [-0.4, -0.2) is 20.4 Å². The van der Waals surface area contributed by atoms with Gasteiger partial charge in [-0.1, -0.05) is 18.2 Å². The highest BCUT2D eigenvalue weighted by Crippen LogP contribution is 2.15. The van der Waals surface area contributed by atoms with Crippen LogP contribution in [0.4, 0.5) is 4.79 Å². The van der Waals surface area contributed by atoms with E-state index >= 15 is 0 Å². The first-order chi connectivity index (χ1) is 11.3. The van der Waals surface area contributed by atoms with E-state index in [0.717, 1.165) is 0 Å². The van der Waals surface area contributed by atoms with Crippen molar-refractivity contribution >= 4 is 33.3 Å². The van der Waals surface area contributed by atoms with Gasteiger partial charge in [0.1, 0.15) is 0 Å². The highest BCUT2D eigenvalue weighted by atomic mass is 32.2. The molecular weight excluding hydrogens is 352 g/mol. The number of benzene rings is 1. The van der Waals surface area contributed by atoms with Crippen molar-refractivity contribution in [3.63, 3.8) is 0 Å². The largest absolute Gasteiger partial charge is 0.333 e. The lowest BCUT2D eigenvalue weighted by molar-refractivity contribution is 0.0940. The molecule has 2 aromatic rings. The maximum atomic E-state index is 11.8. The van der Waals surface area contributed by atoms with E-state index in [0.29, 0.717) is 10.4 Å². The Morgan fingerprint density at radius 3 is 2.33 bits per heavy atom. The topological polar surface area (TPSA) is 130 Å². The summed E-state index contributed by atoms with van der Waals surface area (Å²) < 4.78 is 22.4. The molecule has 0 aliphatic rings. The molecule has 0 fully saturated rings. The minimum atomic E-state index is -3.75. The van der Waals surface area contributed by atoms with Crippen LogP contribution >= 0.6 is 11.3 Å². The number of sulfonamides is 1. The lowest BCUT2D eigenvalue weighted by Gasteiger charge is -2.15. The number of hydrazine groups is 1. The quantitative estimate of drug-likeness (QED) is 0.602. The monoisotopic (exact) mass is 368 g/mol. The average molecular weight is 368 g/mol. The Balaban J connectivity index is 1.88. The van der Waals surface area contributed by atoms with Gasteiger partial charge in [0.25, 0.3) is 5.91 Å². The number of nitrogens with one attached hydrogen (secondary N) is 3. The van der Waals surface area contributed by atoms with Crippen LogP contribution in [0.1, 0.15) is 28.2 Å². The van der Waals surface area contributed by atoms with Crippen molar-refractivity contribution in [1.82, 2.24) is 16.2 Å². The molecule has 128 valence electrons. The third-order valence-electron chi connectivity index (χ3n) is 3.09. The SMILES string of the molecule is CC(NC(=O)NNC(=O)c1cccs1)c1ccc(S(N)(=O)=O)cc1. The van der Waals surface area contributed by atoms with Crippen molar-refractivity contribution in [2.24, 2.45) is 5.14 Å². The molecule has 24 heavy (non-hydrogen) atoms. The summed E-state index contributed by atoms with van der Waals surface area (Å²) in [6.07, 6.45) is 0. The highest BCUT2D eigenvalue weighted by molar-refractivity contribution is 7.89. The molecule has 0 radical (unpaired) electrons. The molecule has 2 rings (SSSR count). The number of carbonyl (C=O) groups is 2. The minimum absolute atomic E-state index is 0.00823. The van der Waals surface area contributed by atoms with Gasteiger partial charge in [0.05, 0.1) is 15.8 Å². The van der Waals surface area contributed by atoms with E-state index in [1.807, 2.05) is 0 Å². The summed E-state index contributed by atoms with van der Waals surface area (Å²) in [6.45, 7) is 1.71. The maximum Gasteiger partial charge on any atom is 0.333 e. The fourth-order valence-corrected chi connectivity index (χ4v) is 2.98. The van der Waals surface area contributed by atoms with Crippen molar-refractivity contribution in [1.29, 1.82) is 0 Å². The summed E-state index contributed by atoms with van der Waals surface area (Å²) in [4.78, 5) is 23.9. The summed E-state index contributed by atoms with van der Waals surface area (Å²) in [5.41, 5.74) is 5.22. The lowest BCUT2D eigenvalue weighted by Crippen LogP contribution is -2.47. The van der Waals surface area contributed by atoms with E-state index in [2.05, 4.69) is 16.2 Å². The molecule has 1 aromatic carbocycles. The molecule has 1 aromatic heterocycles. The van der Waals surface area contributed by atoms with E-state index in [1.54, 1.807) is 36.6 Å². The molecule has 8 nitrogen and oxygen atoms in total. The predicted molar refractivity (Wildman–Crippen MR) is 89.7 cm³/mol. The number of carbonyl (C=O) groups excluding carboxylic acids is 2. The van der Waals surface area contributed by atoms with Gasteiger partial charge in [-0.05, 0) is 36.1 Å². The maximum absolute atomic E-state index is 11.8. The Hall–Kier alpha value is -2.43. The van der Waals surface area contributed by atoms with Gasteiger partial charge in [0.2, 0.25) is 10.0 Å². The van der Waals surface area contributed by atoms with Gasteiger partial charge in [-0.25, -0.2) is 23.8 Å². The first-order valence-electron chi connectivity index (χ1n) is 6.80. The molecule has 0 aliphatic carbocycles. The van der Waals surface area contributed by atoms with Crippen LogP contribution in [-0.2, 0) is 10.0 Å². The van der Waals surface area contributed by atoms with Crippen molar-refractivity contribution in [2.75, 3.05) is 0 Å². The second-order valence-electron chi connectivity index (χ2n) is 4.87. The molecule has 0 spiro atoms. The standard InChI is InChI=1S/C14H16N4O4S2/c1-9(10-4-6-11(7-5-10)24(15,21)22)16-14(20)18-17-13(19)12-3-2-8-23-12/h2-9H,1H3,(H,17,19)(H2,15,21,22)(H2,16,18,20). The van der Waals surface area contributed by atoms with Gasteiger partial charge in [0.15, 0.2) is 0 Å². The van der Waals surface area contributed by atoms with Gasteiger partial charge in [-0.3, -0.25) is 10.2 Å². The van der Waals surface area contributed by atoms with E-state index in [9.17, 15) is 18.0 Å². The first-order valence-corrected chi connectivity index (χ1v) is 9.23. The van der Waals surface area contributed by atoms with Crippen LogP contribution in [0.2, 0.25) is 0 Å². The molecule has 5 N–H and O–H groups in total. The zero-order chi connectivity index (χ0) is 17.7. The minimum Gasteiger partial charge on any atom is -0.330 e. The van der Waals surface area contributed by atoms with Crippen LogP contribution in [0.15, 0.2) is 46.7 Å². The van der Waals surface area contributed by atoms with Crippen LogP contribution in [0.5, 0.6) is 0 Å². The van der Waals surface area contributed by atoms with Gasteiger partial charge >= 0.3 is 6.03 Å². The number of amides is 3. The Morgan fingerprint density at radius 1 is 1.12 bits per heavy atom. The first kappa shape index (κ1) is 17.9. The number of hydrogen-bond acceptors (Lipinski definition) is 5. The van der Waals surface area contributed by atoms with Crippen molar-refractivity contribution in [3.8, 4) is 0 Å². The third-order valence-corrected chi connectivity index (χ3v) is 4.89. The van der Waals surface area contributed by atoms with E-state index in [-0.39, 0.29) is 4.90 Å². The molecule has 1 heterocycles. The number of thiophene rings is 1. The second-order valence-corrected chi connectivity index (χ2v) is 7.37. The second kappa shape index (κ2) is 7.43. The van der Waals surface area contributed by atoms with Crippen LogP contribution in [0.25, 0.3) is 0 Å². The Morgan fingerprint density at radius 2 is 1.79 bits per heavy atom. The number of primary sulfonamides is 1. The summed E-state index contributed by atoms with van der Waals surface area (Å²) in [5, 5.41) is 9.39. The van der Waals surface area contributed by atoms with Gasteiger partial charge < -0.3 is 5.32 Å². The van der Waals surface area contributed by atoms with E-state index in [4.69, 9.17) is 5.14 Å². The molecule has 0 aliphatic heterocycles. The summed E-state index contributed by atoms with van der Waals surface area (Å²) in [7, 11) is -3.75. The molecule has 0 saturated heterocycles. The van der Waals surface area contributed by atoms with Crippen LogP contribution < -0.4 is 21.3 Å². The summed E-state index contributed by atoms with van der Waals surface area (Å²) in [5.74, 6) is -0.412. The summed E-state index contributed by atoms with van der Waals surface area (Å²) >= 11 is 1.25. The van der Waals surface area contributed by atoms with Crippen LogP contribution in [0, 0.1) is 0 Å². The van der Waals surface area contributed by atoms with Gasteiger partial charge in [0, 0.05) is 0 Å². The zero-order valence-electron chi connectivity index (χ0n) is 12.6. The van der Waals surface area contributed by atoms with E-state index < -0.39 is 28.0 Å². The lowest BCUT2D eigenvalue weighted by atomic mass is 10.1. The van der Waals surface area contributed by atoms with Crippen LogP contribution in [0.3, 0.4) is 0 Å². The molecular formula is C14H16N4O4S2. The van der Waals surface area contributed by atoms with Crippen molar-refractivity contribution in [2.45, 2.75) is 17.9 Å². The molecule has 1 unspecified atom stereocenters. The number of rotatable bonds is 4. The van der Waals surface area contributed by atoms with Crippen molar-refractivity contribution in [3.05, 3.63) is 52.2 Å². The Bertz CT molecular complexity index is 817. The van der Waals surface area contributed by atoms with Crippen molar-refractivity contribution < 1.29 is 18.0 Å². The molecule has 0 bridgehead atoms. The normalized spacial score (nSPS) is 12.2. The number of hydrogen-bond donors (Lipinski definition) is 4. The Labute approximate surface area is 143 Å². The average Bonchev–Trinajstić information content (AvgIpc) is 3.06. The molecule has 1 atom stereocenters. The predicted octanol–water partition coefficient (Wildman–Crippen LogP) is 1.10. The fraction of sp³-hybridized carbons (Fsp3) is 0.143. The fourth-order valence-electron chi connectivity index (χ4n) is 1.85. The van der Waals surface area contributed by atoms with E-state index in [1.165, 1.54) is 23.5 Å². The molecule has 0 saturated carbocycles. The number of nitrogens with two attached hydrogens (primary N) is 1. The zero-order valence-corrected chi connectivity index (χ0v) is 14.3. The highest BCUT2D eigenvalue weighted by Gasteiger charge is 2.13. The third kappa shape index (κ3) is 4.78. The number of urea groups is 1. The molecule has 3 amide bonds. The Kier molecular flexibility index (Phi) is 5.54.